The molecule has 3 nitrogen and oxygen atoms in total. The van der Waals surface area contributed by atoms with Gasteiger partial charge in [0.1, 0.15) is 0 Å². The van der Waals surface area contributed by atoms with E-state index in [9.17, 15) is 4.79 Å². The number of carbonyl (C=O) groups excluding carboxylic acids is 1. The molecule has 0 aliphatic rings. The van der Waals surface area contributed by atoms with Gasteiger partial charge < -0.3 is 10.1 Å². The normalized spacial score (nSPS) is 10.1. The lowest BCUT2D eigenvalue weighted by molar-refractivity contribution is -0.121. The quantitative estimate of drug-likeness (QED) is 0.713. The van der Waals surface area contributed by atoms with Crippen LogP contribution in [0.5, 0.6) is 0 Å². The molecule has 0 unspecified atom stereocenters. The molecular formula is C13H19NO2. The predicted octanol–water partition coefficient (Wildman–Crippen LogP) is 1.77. The van der Waals surface area contributed by atoms with E-state index in [1.165, 1.54) is 5.56 Å². The highest BCUT2D eigenvalue weighted by molar-refractivity contribution is 5.75. The van der Waals surface area contributed by atoms with Gasteiger partial charge in [-0.25, -0.2) is 0 Å². The van der Waals surface area contributed by atoms with Gasteiger partial charge in [0, 0.05) is 20.1 Å². The van der Waals surface area contributed by atoms with Crippen LogP contribution < -0.4 is 5.32 Å². The highest BCUT2D eigenvalue weighted by atomic mass is 16.5. The molecule has 0 aliphatic heterocycles. The van der Waals surface area contributed by atoms with Crippen LogP contribution in [0.25, 0.3) is 0 Å². The van der Waals surface area contributed by atoms with Gasteiger partial charge in [0.05, 0.1) is 6.61 Å². The van der Waals surface area contributed by atoms with Gasteiger partial charge in [0.25, 0.3) is 0 Å². The zero-order valence-electron chi connectivity index (χ0n) is 9.74. The second-order valence-electron chi connectivity index (χ2n) is 3.62. The SMILES string of the molecule is CNC(=O)CCOCCCc1ccccc1. The van der Waals surface area contributed by atoms with E-state index >= 15 is 0 Å². The van der Waals surface area contributed by atoms with E-state index in [1.54, 1.807) is 7.05 Å². The van der Waals surface area contributed by atoms with Gasteiger partial charge in [-0.2, -0.15) is 0 Å². The molecule has 0 saturated carbocycles. The lowest BCUT2D eigenvalue weighted by Gasteiger charge is -2.03. The maximum atomic E-state index is 10.9. The first kappa shape index (κ1) is 12.7. The first-order valence-corrected chi connectivity index (χ1v) is 5.65. The van der Waals surface area contributed by atoms with Crippen molar-refractivity contribution in [2.24, 2.45) is 0 Å². The predicted molar refractivity (Wildman–Crippen MR) is 64.3 cm³/mol. The summed E-state index contributed by atoms with van der Waals surface area (Å²) in [6, 6.07) is 10.3. The van der Waals surface area contributed by atoms with Crippen molar-refractivity contribution in [2.45, 2.75) is 19.3 Å². The van der Waals surface area contributed by atoms with E-state index < -0.39 is 0 Å². The summed E-state index contributed by atoms with van der Waals surface area (Å²) >= 11 is 0. The van der Waals surface area contributed by atoms with Crippen LogP contribution in [-0.4, -0.2) is 26.2 Å². The summed E-state index contributed by atoms with van der Waals surface area (Å²) in [6.07, 6.45) is 2.47. The van der Waals surface area contributed by atoms with Gasteiger partial charge in [-0.1, -0.05) is 30.3 Å². The summed E-state index contributed by atoms with van der Waals surface area (Å²) in [5.41, 5.74) is 1.33. The average molecular weight is 221 g/mol. The summed E-state index contributed by atoms with van der Waals surface area (Å²) in [5.74, 6) is 0.0306. The average Bonchev–Trinajstić information content (AvgIpc) is 2.34. The summed E-state index contributed by atoms with van der Waals surface area (Å²) in [6.45, 7) is 1.22. The third-order valence-electron chi connectivity index (χ3n) is 2.35. The van der Waals surface area contributed by atoms with Crippen LogP contribution in [0, 0.1) is 0 Å². The van der Waals surface area contributed by atoms with Crippen molar-refractivity contribution in [2.75, 3.05) is 20.3 Å². The van der Waals surface area contributed by atoms with Gasteiger partial charge in [-0.05, 0) is 18.4 Å². The summed E-state index contributed by atoms with van der Waals surface area (Å²) in [4.78, 5) is 10.9. The number of nitrogens with one attached hydrogen (secondary N) is 1. The zero-order chi connectivity index (χ0) is 11.6. The number of carbonyl (C=O) groups is 1. The minimum atomic E-state index is 0.0306. The first-order valence-electron chi connectivity index (χ1n) is 5.65. The van der Waals surface area contributed by atoms with Crippen molar-refractivity contribution >= 4 is 5.91 Å². The fraction of sp³-hybridized carbons (Fsp3) is 0.462. The number of aryl methyl sites for hydroxylation is 1. The number of rotatable bonds is 7. The van der Waals surface area contributed by atoms with E-state index in [4.69, 9.17) is 4.74 Å². The van der Waals surface area contributed by atoms with Crippen LogP contribution in [0.1, 0.15) is 18.4 Å². The van der Waals surface area contributed by atoms with Gasteiger partial charge in [0.2, 0.25) is 5.91 Å². The topological polar surface area (TPSA) is 38.3 Å². The Morgan fingerprint density at radius 2 is 2.00 bits per heavy atom. The second-order valence-corrected chi connectivity index (χ2v) is 3.62. The lowest BCUT2D eigenvalue weighted by Crippen LogP contribution is -2.19. The molecule has 1 aromatic carbocycles. The maximum absolute atomic E-state index is 10.9. The van der Waals surface area contributed by atoms with Crippen molar-refractivity contribution in [3.8, 4) is 0 Å². The van der Waals surface area contributed by atoms with E-state index in [1.807, 2.05) is 18.2 Å². The van der Waals surface area contributed by atoms with E-state index in [0.717, 1.165) is 12.8 Å². The molecule has 0 heterocycles. The Hall–Kier alpha value is -1.35. The molecule has 3 heteroatoms. The van der Waals surface area contributed by atoms with Gasteiger partial charge in [-0.3, -0.25) is 4.79 Å². The number of benzene rings is 1. The Bertz CT molecular complexity index is 298. The standard InChI is InChI=1S/C13H19NO2/c1-14-13(15)9-11-16-10-5-8-12-6-3-2-4-7-12/h2-4,6-7H,5,8-11H2,1H3,(H,14,15). The summed E-state index contributed by atoms with van der Waals surface area (Å²) < 4.78 is 5.37. The minimum Gasteiger partial charge on any atom is -0.381 e. The van der Waals surface area contributed by atoms with Gasteiger partial charge in [0.15, 0.2) is 0 Å². The molecule has 0 aromatic heterocycles. The van der Waals surface area contributed by atoms with Crippen molar-refractivity contribution in [1.82, 2.24) is 5.32 Å². The molecule has 0 aliphatic carbocycles. The van der Waals surface area contributed by atoms with Crippen molar-refractivity contribution in [1.29, 1.82) is 0 Å². The Balaban J connectivity index is 1.98. The van der Waals surface area contributed by atoms with E-state index in [2.05, 4.69) is 17.4 Å². The van der Waals surface area contributed by atoms with Crippen LogP contribution in [0.4, 0.5) is 0 Å². The molecule has 0 spiro atoms. The van der Waals surface area contributed by atoms with Crippen LogP contribution in [0.15, 0.2) is 30.3 Å². The van der Waals surface area contributed by atoms with Crippen LogP contribution >= 0.6 is 0 Å². The molecule has 1 rings (SSSR count). The minimum absolute atomic E-state index is 0.0306. The first-order chi connectivity index (χ1) is 7.83. The van der Waals surface area contributed by atoms with Gasteiger partial charge in [-0.15, -0.1) is 0 Å². The Labute approximate surface area is 96.8 Å². The van der Waals surface area contributed by atoms with E-state index in [0.29, 0.717) is 19.6 Å². The molecule has 1 amide bonds. The molecule has 1 N–H and O–H groups in total. The zero-order valence-corrected chi connectivity index (χ0v) is 9.74. The lowest BCUT2D eigenvalue weighted by atomic mass is 10.1. The molecule has 1 aromatic rings. The fourth-order valence-corrected chi connectivity index (χ4v) is 1.41. The number of hydrogen-bond donors (Lipinski definition) is 1. The smallest absolute Gasteiger partial charge is 0.222 e. The van der Waals surface area contributed by atoms with Crippen LogP contribution in [0.2, 0.25) is 0 Å². The monoisotopic (exact) mass is 221 g/mol. The molecule has 0 radical (unpaired) electrons. The van der Waals surface area contributed by atoms with Crippen LogP contribution in [-0.2, 0) is 16.0 Å². The van der Waals surface area contributed by atoms with Gasteiger partial charge >= 0.3 is 0 Å². The molecule has 0 saturated heterocycles. The molecule has 88 valence electrons. The molecule has 0 fully saturated rings. The van der Waals surface area contributed by atoms with Crippen molar-refractivity contribution < 1.29 is 9.53 Å². The molecule has 0 bridgehead atoms. The molecule has 0 atom stereocenters. The largest absolute Gasteiger partial charge is 0.381 e. The third kappa shape index (κ3) is 5.51. The van der Waals surface area contributed by atoms with Crippen molar-refractivity contribution in [3.05, 3.63) is 35.9 Å². The highest BCUT2D eigenvalue weighted by Crippen LogP contribution is 2.02. The summed E-state index contributed by atoms with van der Waals surface area (Å²) in [7, 11) is 1.64. The summed E-state index contributed by atoms with van der Waals surface area (Å²) in [5, 5.41) is 2.56. The maximum Gasteiger partial charge on any atom is 0.222 e. The highest BCUT2D eigenvalue weighted by Gasteiger charge is 1.97. The third-order valence-corrected chi connectivity index (χ3v) is 2.35. The molecular weight excluding hydrogens is 202 g/mol. The Kier molecular flexibility index (Phi) is 6.26. The molecule has 16 heavy (non-hydrogen) atoms. The number of amides is 1. The van der Waals surface area contributed by atoms with Crippen LogP contribution in [0.3, 0.4) is 0 Å². The fourth-order valence-electron chi connectivity index (χ4n) is 1.41. The Morgan fingerprint density at radius 1 is 1.25 bits per heavy atom. The second kappa shape index (κ2) is 7.88. The van der Waals surface area contributed by atoms with E-state index in [-0.39, 0.29) is 5.91 Å². The number of ether oxygens (including phenoxy) is 1. The van der Waals surface area contributed by atoms with Crippen molar-refractivity contribution in [3.63, 3.8) is 0 Å². The Morgan fingerprint density at radius 3 is 2.69 bits per heavy atom. The number of hydrogen-bond acceptors (Lipinski definition) is 2.